The van der Waals surface area contributed by atoms with Crippen molar-refractivity contribution in [1.29, 1.82) is 0 Å². The van der Waals surface area contributed by atoms with Crippen molar-refractivity contribution >= 4 is 17.4 Å². The van der Waals surface area contributed by atoms with E-state index in [9.17, 15) is 13.2 Å². The van der Waals surface area contributed by atoms with Crippen LogP contribution in [0.25, 0.3) is 0 Å². The highest BCUT2D eigenvalue weighted by Crippen LogP contribution is 2.30. The lowest BCUT2D eigenvalue weighted by molar-refractivity contribution is -0.141. The summed E-state index contributed by atoms with van der Waals surface area (Å²) in [5, 5.41) is -0.393. The van der Waals surface area contributed by atoms with Crippen LogP contribution in [0.15, 0.2) is 6.07 Å². The zero-order chi connectivity index (χ0) is 13.9. The standard InChI is InChI=1S/C11H15ClF3N3/c1-4-5-7(2)18(3)9-6-8(11(13,14)15)16-10(12)17-9/h6-7H,4-5H2,1-3H3. The van der Waals surface area contributed by atoms with E-state index < -0.39 is 17.2 Å². The third-order valence-corrected chi connectivity index (χ3v) is 2.87. The van der Waals surface area contributed by atoms with E-state index in [1.54, 1.807) is 11.9 Å². The fourth-order valence-electron chi connectivity index (χ4n) is 1.57. The smallest absolute Gasteiger partial charge is 0.357 e. The Hall–Kier alpha value is -1.04. The van der Waals surface area contributed by atoms with Crippen LogP contribution in [-0.2, 0) is 6.18 Å². The van der Waals surface area contributed by atoms with Gasteiger partial charge in [0.1, 0.15) is 5.82 Å². The number of aromatic nitrogens is 2. The van der Waals surface area contributed by atoms with Crippen LogP contribution in [0, 0.1) is 0 Å². The van der Waals surface area contributed by atoms with Gasteiger partial charge in [-0.15, -0.1) is 0 Å². The topological polar surface area (TPSA) is 29.0 Å². The van der Waals surface area contributed by atoms with Crippen molar-refractivity contribution in [1.82, 2.24) is 9.97 Å². The summed E-state index contributed by atoms with van der Waals surface area (Å²) in [5.74, 6) is 0.184. The Morgan fingerprint density at radius 3 is 2.50 bits per heavy atom. The number of alkyl halides is 3. The lowest BCUT2D eigenvalue weighted by Gasteiger charge is -2.26. The van der Waals surface area contributed by atoms with Gasteiger partial charge in [0.15, 0.2) is 5.69 Å². The largest absolute Gasteiger partial charge is 0.433 e. The SMILES string of the molecule is CCCC(C)N(C)c1cc(C(F)(F)F)nc(Cl)n1. The molecule has 0 saturated heterocycles. The molecule has 7 heteroatoms. The summed E-state index contributed by atoms with van der Waals surface area (Å²) in [6.45, 7) is 3.94. The van der Waals surface area contributed by atoms with Gasteiger partial charge >= 0.3 is 6.18 Å². The normalized spacial score (nSPS) is 13.5. The zero-order valence-corrected chi connectivity index (χ0v) is 11.2. The lowest BCUT2D eigenvalue weighted by Crippen LogP contribution is -2.30. The van der Waals surface area contributed by atoms with E-state index in [-0.39, 0.29) is 11.9 Å². The van der Waals surface area contributed by atoms with E-state index in [1.807, 2.05) is 13.8 Å². The Morgan fingerprint density at radius 2 is 2.00 bits per heavy atom. The molecule has 1 aromatic rings. The third kappa shape index (κ3) is 3.73. The monoisotopic (exact) mass is 281 g/mol. The van der Waals surface area contributed by atoms with Crippen LogP contribution in [0.2, 0.25) is 5.28 Å². The molecule has 0 fully saturated rings. The average molecular weight is 282 g/mol. The molecule has 1 rings (SSSR count). The maximum absolute atomic E-state index is 12.6. The summed E-state index contributed by atoms with van der Waals surface area (Å²) in [7, 11) is 1.69. The van der Waals surface area contributed by atoms with E-state index in [0.29, 0.717) is 0 Å². The Balaban J connectivity index is 3.06. The second-order valence-corrected chi connectivity index (χ2v) is 4.46. The predicted octanol–water partition coefficient (Wildman–Crippen LogP) is 3.77. The summed E-state index contributed by atoms with van der Waals surface area (Å²) < 4.78 is 37.8. The van der Waals surface area contributed by atoms with Crippen LogP contribution in [0.4, 0.5) is 19.0 Å². The molecule has 0 aliphatic heterocycles. The predicted molar refractivity (Wildman–Crippen MR) is 64.8 cm³/mol. The van der Waals surface area contributed by atoms with E-state index in [1.165, 1.54) is 0 Å². The quantitative estimate of drug-likeness (QED) is 0.787. The third-order valence-electron chi connectivity index (χ3n) is 2.70. The van der Waals surface area contributed by atoms with Crippen LogP contribution in [0.3, 0.4) is 0 Å². The number of halogens is 4. The maximum atomic E-state index is 12.6. The van der Waals surface area contributed by atoms with E-state index >= 15 is 0 Å². The highest BCUT2D eigenvalue weighted by molar-refractivity contribution is 6.28. The first kappa shape index (κ1) is 15.0. The summed E-state index contributed by atoms with van der Waals surface area (Å²) in [6, 6.07) is 1.000. The molecule has 0 aliphatic rings. The molecule has 0 aliphatic carbocycles. The van der Waals surface area contributed by atoms with Crippen molar-refractivity contribution in [3.05, 3.63) is 17.0 Å². The number of hydrogen-bond acceptors (Lipinski definition) is 3. The van der Waals surface area contributed by atoms with Gasteiger partial charge in [0.25, 0.3) is 0 Å². The Morgan fingerprint density at radius 1 is 1.39 bits per heavy atom. The molecule has 1 unspecified atom stereocenters. The van der Waals surface area contributed by atoms with Crippen molar-refractivity contribution in [2.45, 2.75) is 38.9 Å². The van der Waals surface area contributed by atoms with Crippen LogP contribution < -0.4 is 4.90 Å². The Labute approximate surface area is 109 Å². The molecule has 102 valence electrons. The Bertz CT molecular complexity index is 409. The van der Waals surface area contributed by atoms with Gasteiger partial charge in [-0.25, -0.2) is 9.97 Å². The highest BCUT2D eigenvalue weighted by atomic mass is 35.5. The van der Waals surface area contributed by atoms with Crippen LogP contribution >= 0.6 is 11.6 Å². The lowest BCUT2D eigenvalue weighted by atomic mass is 10.2. The van der Waals surface area contributed by atoms with Crippen molar-refractivity contribution in [3.8, 4) is 0 Å². The molecule has 0 radical (unpaired) electrons. The molecule has 1 atom stereocenters. The van der Waals surface area contributed by atoms with Crippen LogP contribution in [0.1, 0.15) is 32.4 Å². The molecular formula is C11H15ClF3N3. The second-order valence-electron chi connectivity index (χ2n) is 4.13. The molecular weight excluding hydrogens is 267 g/mol. The van der Waals surface area contributed by atoms with Gasteiger partial charge in [0.05, 0.1) is 0 Å². The van der Waals surface area contributed by atoms with Gasteiger partial charge in [-0.05, 0) is 24.9 Å². The molecule has 0 amide bonds. The summed E-state index contributed by atoms with van der Waals surface area (Å²) in [5.41, 5.74) is -1.02. The molecule has 0 saturated carbocycles. The average Bonchev–Trinajstić information content (AvgIpc) is 2.26. The molecule has 0 N–H and O–H groups in total. The first-order valence-electron chi connectivity index (χ1n) is 5.60. The minimum atomic E-state index is -4.52. The van der Waals surface area contributed by atoms with Crippen molar-refractivity contribution in [2.75, 3.05) is 11.9 Å². The van der Waals surface area contributed by atoms with Gasteiger partial charge in [-0.1, -0.05) is 13.3 Å². The Kier molecular flexibility index (Phi) is 4.78. The van der Waals surface area contributed by atoms with Gasteiger partial charge < -0.3 is 4.90 Å². The molecule has 0 aromatic carbocycles. The van der Waals surface area contributed by atoms with Gasteiger partial charge in [0, 0.05) is 19.2 Å². The van der Waals surface area contributed by atoms with Crippen molar-refractivity contribution in [2.24, 2.45) is 0 Å². The fraction of sp³-hybridized carbons (Fsp3) is 0.636. The zero-order valence-electron chi connectivity index (χ0n) is 10.4. The molecule has 3 nitrogen and oxygen atoms in total. The maximum Gasteiger partial charge on any atom is 0.433 e. The fourth-order valence-corrected chi connectivity index (χ4v) is 1.75. The minimum absolute atomic E-state index is 0.0852. The van der Waals surface area contributed by atoms with Crippen LogP contribution in [0.5, 0.6) is 0 Å². The summed E-state index contributed by atoms with van der Waals surface area (Å²) in [4.78, 5) is 8.70. The second kappa shape index (κ2) is 5.73. The van der Waals surface area contributed by atoms with E-state index in [2.05, 4.69) is 9.97 Å². The molecule has 0 spiro atoms. The molecule has 1 aromatic heterocycles. The van der Waals surface area contributed by atoms with Crippen LogP contribution in [-0.4, -0.2) is 23.1 Å². The van der Waals surface area contributed by atoms with Gasteiger partial charge in [0.2, 0.25) is 5.28 Å². The first-order chi connectivity index (χ1) is 8.25. The first-order valence-corrected chi connectivity index (χ1v) is 5.98. The van der Waals surface area contributed by atoms with Gasteiger partial charge in [-0.2, -0.15) is 13.2 Å². The van der Waals surface area contributed by atoms with Gasteiger partial charge in [-0.3, -0.25) is 0 Å². The molecule has 1 heterocycles. The molecule has 18 heavy (non-hydrogen) atoms. The molecule has 0 bridgehead atoms. The van der Waals surface area contributed by atoms with Crippen molar-refractivity contribution in [3.63, 3.8) is 0 Å². The summed E-state index contributed by atoms with van der Waals surface area (Å²) >= 11 is 5.53. The van der Waals surface area contributed by atoms with E-state index in [4.69, 9.17) is 11.6 Å². The number of hydrogen-bond donors (Lipinski definition) is 0. The summed E-state index contributed by atoms with van der Waals surface area (Å²) in [6.07, 6.45) is -2.72. The minimum Gasteiger partial charge on any atom is -0.357 e. The van der Waals surface area contributed by atoms with E-state index in [0.717, 1.165) is 18.9 Å². The number of anilines is 1. The van der Waals surface area contributed by atoms with Crippen molar-refractivity contribution < 1.29 is 13.2 Å². The number of rotatable bonds is 4. The highest BCUT2D eigenvalue weighted by Gasteiger charge is 2.34. The number of nitrogens with zero attached hydrogens (tertiary/aromatic N) is 3.